The summed E-state index contributed by atoms with van der Waals surface area (Å²) in [5.74, 6) is -0.883. The minimum absolute atomic E-state index is 0.0806. The fourth-order valence-electron chi connectivity index (χ4n) is 9.62. The zero-order valence-corrected chi connectivity index (χ0v) is 53.7. The van der Waals surface area contributed by atoms with Crippen molar-refractivity contribution in [2.45, 2.75) is 329 Å². The smallest absolute Gasteiger partial charge is 0.306 e. The van der Waals surface area contributed by atoms with Crippen molar-refractivity contribution in [2.24, 2.45) is 0 Å². The Bertz CT molecular complexity index is 1690. The van der Waals surface area contributed by atoms with E-state index in [0.29, 0.717) is 19.3 Å². The average Bonchev–Trinajstić information content (AvgIpc) is 3.47. The van der Waals surface area contributed by atoms with Crippen LogP contribution in [0, 0.1) is 0 Å². The van der Waals surface area contributed by atoms with Crippen LogP contribution >= 0.6 is 0 Å². The van der Waals surface area contributed by atoms with E-state index in [4.69, 9.17) is 14.2 Å². The lowest BCUT2D eigenvalue weighted by Gasteiger charge is -2.18. The van der Waals surface area contributed by atoms with Crippen molar-refractivity contribution in [3.8, 4) is 0 Å². The van der Waals surface area contributed by atoms with Crippen LogP contribution in [0.1, 0.15) is 323 Å². The predicted octanol–water partition coefficient (Wildman–Crippen LogP) is 23.9. The van der Waals surface area contributed by atoms with E-state index in [-0.39, 0.29) is 31.1 Å². The Labute approximate surface area is 507 Å². The molecule has 1 atom stereocenters. The maximum atomic E-state index is 12.9. The van der Waals surface area contributed by atoms with Gasteiger partial charge in [-0.1, -0.05) is 316 Å². The number of carbonyl (C=O) groups excluding carboxylic acids is 3. The lowest BCUT2D eigenvalue weighted by atomic mass is 10.0. The highest BCUT2D eigenvalue weighted by molar-refractivity contribution is 5.71. The van der Waals surface area contributed by atoms with Crippen LogP contribution in [-0.2, 0) is 28.6 Å². The molecule has 0 radical (unpaired) electrons. The standard InChI is InChI=1S/C76H128O6/c1-4-7-10-13-16-19-22-24-26-28-30-32-34-35-36-37-38-39-40-41-43-44-46-48-50-52-54-57-60-63-66-69-75(78)81-72-73(71-80-74(77)68-65-62-59-56-21-18-15-12-9-6-3)82-76(79)70-67-64-61-58-55-53-51-49-47-45-42-33-31-29-27-25-23-20-17-14-11-8-5-2/h7-8,10-11,16-17,19-20,24-27,30-33,35-36,45,47,73H,4-6,9,12-15,18,21-23,28-29,34,37-44,46,48-72H2,1-3H3/b10-7-,11-8-,19-16-,20-17-,26-24-,27-25-,32-30-,33-31-,36-35-,47-45-. The second kappa shape index (κ2) is 69.3. The van der Waals surface area contributed by atoms with Gasteiger partial charge in [0.15, 0.2) is 6.10 Å². The highest BCUT2D eigenvalue weighted by Gasteiger charge is 2.19. The highest BCUT2D eigenvalue weighted by atomic mass is 16.6. The molecule has 0 spiro atoms. The molecular formula is C76H128O6. The van der Waals surface area contributed by atoms with Gasteiger partial charge in [-0.3, -0.25) is 14.4 Å². The first-order valence-corrected chi connectivity index (χ1v) is 34.5. The molecule has 0 aliphatic rings. The molecule has 0 rings (SSSR count). The van der Waals surface area contributed by atoms with Crippen molar-refractivity contribution in [3.63, 3.8) is 0 Å². The van der Waals surface area contributed by atoms with Gasteiger partial charge < -0.3 is 14.2 Å². The molecule has 0 fully saturated rings. The van der Waals surface area contributed by atoms with E-state index in [9.17, 15) is 14.4 Å². The Morgan fingerprint density at radius 1 is 0.256 bits per heavy atom. The normalized spacial score (nSPS) is 12.9. The summed E-state index contributed by atoms with van der Waals surface area (Å²) in [4.78, 5) is 38.3. The SMILES string of the molecule is CC/C=C\C/C=C\C/C=C\C/C=C\C/C=C\CCCCCCCCCCCCCCCCCC(=O)OCC(COC(=O)CCCCCCCCCCCC)OC(=O)CCCCCCCCC/C=C\C/C=C\C/C=C\C/C=C\C/C=C\CC. The van der Waals surface area contributed by atoms with Gasteiger partial charge in [0.1, 0.15) is 13.2 Å². The minimum atomic E-state index is -0.785. The molecule has 0 saturated carbocycles. The van der Waals surface area contributed by atoms with Crippen LogP contribution in [0.5, 0.6) is 0 Å². The summed E-state index contributed by atoms with van der Waals surface area (Å²) in [5, 5.41) is 0. The molecule has 0 aliphatic carbocycles. The Morgan fingerprint density at radius 3 is 0.744 bits per heavy atom. The van der Waals surface area contributed by atoms with E-state index < -0.39 is 6.10 Å². The van der Waals surface area contributed by atoms with E-state index in [1.807, 2.05) is 0 Å². The van der Waals surface area contributed by atoms with Gasteiger partial charge in [0.05, 0.1) is 0 Å². The van der Waals surface area contributed by atoms with Gasteiger partial charge in [0.2, 0.25) is 0 Å². The predicted molar refractivity (Wildman–Crippen MR) is 357 cm³/mol. The quantitative estimate of drug-likeness (QED) is 0.0261. The monoisotopic (exact) mass is 1140 g/mol. The number of hydrogen-bond acceptors (Lipinski definition) is 6. The number of ether oxygens (including phenoxy) is 3. The first kappa shape index (κ1) is 77.8. The molecule has 468 valence electrons. The van der Waals surface area contributed by atoms with Gasteiger partial charge in [0, 0.05) is 19.3 Å². The molecule has 0 aliphatic heterocycles. The third-order valence-electron chi connectivity index (χ3n) is 14.7. The highest BCUT2D eigenvalue weighted by Crippen LogP contribution is 2.17. The lowest BCUT2D eigenvalue weighted by Crippen LogP contribution is -2.30. The van der Waals surface area contributed by atoms with E-state index in [1.54, 1.807) is 0 Å². The van der Waals surface area contributed by atoms with Crippen LogP contribution in [-0.4, -0.2) is 37.2 Å². The van der Waals surface area contributed by atoms with Crippen molar-refractivity contribution < 1.29 is 28.6 Å². The second-order valence-corrected chi connectivity index (χ2v) is 22.7. The molecule has 0 bridgehead atoms. The number of allylic oxidation sites excluding steroid dienone is 20. The zero-order chi connectivity index (χ0) is 59.2. The summed E-state index contributed by atoms with van der Waals surface area (Å²) in [5.41, 5.74) is 0. The van der Waals surface area contributed by atoms with Gasteiger partial charge in [-0.2, -0.15) is 0 Å². The fourth-order valence-corrected chi connectivity index (χ4v) is 9.62. The van der Waals surface area contributed by atoms with Crippen LogP contribution in [0.25, 0.3) is 0 Å². The van der Waals surface area contributed by atoms with Gasteiger partial charge in [-0.15, -0.1) is 0 Å². The molecule has 0 aromatic rings. The molecule has 0 aromatic heterocycles. The van der Waals surface area contributed by atoms with Crippen molar-refractivity contribution in [2.75, 3.05) is 13.2 Å². The average molecular weight is 1140 g/mol. The first-order chi connectivity index (χ1) is 40.5. The maximum absolute atomic E-state index is 12.9. The summed E-state index contributed by atoms with van der Waals surface area (Å²) in [6, 6.07) is 0. The molecular weight excluding hydrogens is 1010 g/mol. The number of carbonyl (C=O) groups is 3. The molecule has 0 heterocycles. The third kappa shape index (κ3) is 66.6. The van der Waals surface area contributed by atoms with Crippen LogP contribution in [0.15, 0.2) is 122 Å². The largest absolute Gasteiger partial charge is 0.462 e. The van der Waals surface area contributed by atoms with Crippen molar-refractivity contribution >= 4 is 17.9 Å². The third-order valence-corrected chi connectivity index (χ3v) is 14.7. The van der Waals surface area contributed by atoms with Gasteiger partial charge >= 0.3 is 17.9 Å². The summed E-state index contributed by atoms with van der Waals surface area (Å²) < 4.78 is 16.9. The Morgan fingerprint density at radius 2 is 0.476 bits per heavy atom. The summed E-state index contributed by atoms with van der Waals surface area (Å²) in [6.07, 6.45) is 96.5. The lowest BCUT2D eigenvalue weighted by molar-refractivity contribution is -0.167. The molecule has 82 heavy (non-hydrogen) atoms. The van der Waals surface area contributed by atoms with E-state index in [0.717, 1.165) is 128 Å². The maximum Gasteiger partial charge on any atom is 0.306 e. The number of rotatable bonds is 62. The van der Waals surface area contributed by atoms with E-state index in [1.165, 1.54) is 154 Å². The van der Waals surface area contributed by atoms with E-state index >= 15 is 0 Å². The number of hydrogen-bond donors (Lipinski definition) is 0. The van der Waals surface area contributed by atoms with Crippen LogP contribution in [0.3, 0.4) is 0 Å². The topological polar surface area (TPSA) is 78.9 Å². The number of esters is 3. The molecule has 0 aromatic carbocycles. The van der Waals surface area contributed by atoms with E-state index in [2.05, 4.69) is 142 Å². The van der Waals surface area contributed by atoms with Gasteiger partial charge in [-0.05, 0) is 109 Å². The summed E-state index contributed by atoms with van der Waals surface area (Å²) in [7, 11) is 0. The molecule has 1 unspecified atom stereocenters. The molecule has 6 heteroatoms. The van der Waals surface area contributed by atoms with Crippen LogP contribution in [0.4, 0.5) is 0 Å². The second-order valence-electron chi connectivity index (χ2n) is 22.7. The van der Waals surface area contributed by atoms with Crippen molar-refractivity contribution in [1.82, 2.24) is 0 Å². The molecule has 0 N–H and O–H groups in total. The Kier molecular flexibility index (Phi) is 65.8. The van der Waals surface area contributed by atoms with Crippen molar-refractivity contribution in [1.29, 1.82) is 0 Å². The van der Waals surface area contributed by atoms with Crippen molar-refractivity contribution in [3.05, 3.63) is 122 Å². The Balaban J connectivity index is 4.20. The Hall–Kier alpha value is -4.19. The van der Waals surface area contributed by atoms with Crippen LogP contribution in [0.2, 0.25) is 0 Å². The zero-order valence-electron chi connectivity index (χ0n) is 53.7. The summed E-state index contributed by atoms with van der Waals surface area (Å²) in [6.45, 7) is 6.42. The molecule has 0 amide bonds. The molecule has 6 nitrogen and oxygen atoms in total. The fraction of sp³-hybridized carbons (Fsp3) is 0.697. The van der Waals surface area contributed by atoms with Crippen LogP contribution < -0.4 is 0 Å². The van der Waals surface area contributed by atoms with Gasteiger partial charge in [-0.25, -0.2) is 0 Å². The summed E-state index contributed by atoms with van der Waals surface area (Å²) >= 11 is 0. The minimum Gasteiger partial charge on any atom is -0.462 e. The molecule has 0 saturated heterocycles. The van der Waals surface area contributed by atoms with Gasteiger partial charge in [0.25, 0.3) is 0 Å². The first-order valence-electron chi connectivity index (χ1n) is 34.5. The number of unbranched alkanes of at least 4 members (excludes halogenated alkanes) is 31.